The fourth-order valence-electron chi connectivity index (χ4n) is 2.66. The summed E-state index contributed by atoms with van der Waals surface area (Å²) in [6.07, 6.45) is 0. The molecule has 0 atom stereocenters. The van der Waals surface area contributed by atoms with Gasteiger partial charge in [0.2, 0.25) is 0 Å². The molecule has 138 valence electrons. The summed E-state index contributed by atoms with van der Waals surface area (Å²) in [6.45, 7) is 5.36. The Bertz CT molecular complexity index is 842. The lowest BCUT2D eigenvalue weighted by Gasteiger charge is -2.13. The molecule has 0 aliphatic carbocycles. The maximum atomic E-state index is 12.2. The summed E-state index contributed by atoms with van der Waals surface area (Å²) in [6, 6.07) is 6.72. The van der Waals surface area contributed by atoms with Crippen LogP contribution in [0.1, 0.15) is 27.0 Å². The Morgan fingerprint density at radius 3 is 2.31 bits per heavy atom. The van der Waals surface area contributed by atoms with Crippen LogP contribution in [-0.2, 0) is 9.53 Å². The number of aryl methyl sites for hydroxylation is 3. The molecule has 2 rings (SSSR count). The van der Waals surface area contributed by atoms with Gasteiger partial charge in [0.05, 0.1) is 17.8 Å². The Kier molecular flexibility index (Phi) is 6.10. The van der Waals surface area contributed by atoms with E-state index < -0.39 is 18.5 Å². The number of esters is 1. The van der Waals surface area contributed by atoms with Gasteiger partial charge in [0, 0.05) is 11.8 Å². The molecule has 0 radical (unpaired) electrons. The summed E-state index contributed by atoms with van der Waals surface area (Å²) in [7, 11) is 1.40. The molecular weight excluding hydrogens is 356 g/mol. The lowest BCUT2D eigenvalue weighted by atomic mass is 10.1. The van der Waals surface area contributed by atoms with Gasteiger partial charge in [-0.25, -0.2) is 4.79 Å². The Balaban J connectivity index is 2.06. The maximum absolute atomic E-state index is 12.2. The number of benzene rings is 2. The SMILES string of the molecule is COc1cc(N)c(Cl)cc1C(=O)OCC(=O)Nc1c(C)cc(C)cc1C. The normalized spacial score (nSPS) is 10.3. The van der Waals surface area contributed by atoms with Crippen molar-refractivity contribution in [2.75, 3.05) is 24.8 Å². The maximum Gasteiger partial charge on any atom is 0.342 e. The molecular formula is C19H21ClN2O4. The van der Waals surface area contributed by atoms with E-state index >= 15 is 0 Å². The molecule has 0 bridgehead atoms. The Morgan fingerprint density at radius 2 is 1.73 bits per heavy atom. The number of methoxy groups -OCH3 is 1. The summed E-state index contributed by atoms with van der Waals surface area (Å²) in [5, 5.41) is 2.97. The lowest BCUT2D eigenvalue weighted by Crippen LogP contribution is -2.22. The van der Waals surface area contributed by atoms with Crippen LogP contribution < -0.4 is 15.8 Å². The fraction of sp³-hybridized carbons (Fsp3) is 0.263. The second-order valence-electron chi connectivity index (χ2n) is 5.97. The Morgan fingerprint density at radius 1 is 1.12 bits per heavy atom. The average Bonchev–Trinajstić information content (AvgIpc) is 2.57. The van der Waals surface area contributed by atoms with Crippen LogP contribution in [0.4, 0.5) is 11.4 Å². The summed E-state index contributed by atoms with van der Waals surface area (Å²) < 4.78 is 10.2. The predicted octanol–water partition coefficient (Wildman–Crippen LogP) is 3.65. The third kappa shape index (κ3) is 4.46. The third-order valence-electron chi connectivity index (χ3n) is 3.81. The first-order valence-electron chi connectivity index (χ1n) is 7.90. The van der Waals surface area contributed by atoms with Crippen molar-refractivity contribution in [2.24, 2.45) is 0 Å². The van der Waals surface area contributed by atoms with Crippen molar-refractivity contribution in [3.63, 3.8) is 0 Å². The highest BCUT2D eigenvalue weighted by Crippen LogP contribution is 2.29. The van der Waals surface area contributed by atoms with E-state index in [1.54, 1.807) is 0 Å². The summed E-state index contributed by atoms with van der Waals surface area (Å²) >= 11 is 5.94. The molecule has 0 spiro atoms. The number of nitrogen functional groups attached to an aromatic ring is 1. The van der Waals surface area contributed by atoms with Gasteiger partial charge in [-0.15, -0.1) is 0 Å². The highest BCUT2D eigenvalue weighted by atomic mass is 35.5. The zero-order chi connectivity index (χ0) is 19.4. The third-order valence-corrected chi connectivity index (χ3v) is 4.14. The molecule has 1 amide bonds. The first kappa shape index (κ1) is 19.6. The lowest BCUT2D eigenvalue weighted by molar-refractivity contribution is -0.119. The van der Waals surface area contributed by atoms with Gasteiger partial charge in [0.15, 0.2) is 6.61 Å². The van der Waals surface area contributed by atoms with Crippen LogP contribution >= 0.6 is 11.6 Å². The molecule has 2 aromatic rings. The molecule has 0 aromatic heterocycles. The van der Waals surface area contributed by atoms with Crippen molar-refractivity contribution < 1.29 is 19.1 Å². The van der Waals surface area contributed by atoms with Gasteiger partial charge in [0.1, 0.15) is 11.3 Å². The van der Waals surface area contributed by atoms with Crippen LogP contribution in [-0.4, -0.2) is 25.6 Å². The van der Waals surface area contributed by atoms with E-state index in [1.807, 2.05) is 32.9 Å². The highest BCUT2D eigenvalue weighted by molar-refractivity contribution is 6.33. The number of carbonyl (C=O) groups excluding carboxylic acids is 2. The fourth-order valence-corrected chi connectivity index (χ4v) is 2.82. The van der Waals surface area contributed by atoms with E-state index in [0.717, 1.165) is 16.7 Å². The molecule has 26 heavy (non-hydrogen) atoms. The standard InChI is InChI=1S/C19H21ClN2O4/c1-10-5-11(2)18(12(3)6-10)22-17(23)9-26-19(24)13-7-14(20)15(21)8-16(13)25-4/h5-8H,9,21H2,1-4H3,(H,22,23). The highest BCUT2D eigenvalue weighted by Gasteiger charge is 2.18. The number of halogens is 1. The van der Waals surface area contributed by atoms with E-state index in [-0.39, 0.29) is 22.0 Å². The minimum Gasteiger partial charge on any atom is -0.496 e. The minimum absolute atomic E-state index is 0.0993. The van der Waals surface area contributed by atoms with Gasteiger partial charge in [-0.05, 0) is 38.0 Å². The average molecular weight is 377 g/mol. The second-order valence-corrected chi connectivity index (χ2v) is 6.38. The van der Waals surface area contributed by atoms with Crippen LogP contribution in [0.5, 0.6) is 5.75 Å². The van der Waals surface area contributed by atoms with Crippen LogP contribution in [0.2, 0.25) is 5.02 Å². The predicted molar refractivity (Wildman–Crippen MR) is 102 cm³/mol. The van der Waals surface area contributed by atoms with Crippen molar-refractivity contribution in [3.8, 4) is 5.75 Å². The van der Waals surface area contributed by atoms with E-state index in [0.29, 0.717) is 5.69 Å². The topological polar surface area (TPSA) is 90.7 Å². The van der Waals surface area contributed by atoms with Gasteiger partial charge < -0.3 is 20.5 Å². The first-order valence-corrected chi connectivity index (χ1v) is 8.28. The van der Waals surface area contributed by atoms with Crippen molar-refractivity contribution in [3.05, 3.63) is 51.5 Å². The summed E-state index contributed by atoms with van der Waals surface area (Å²) in [4.78, 5) is 24.4. The number of rotatable bonds is 5. The van der Waals surface area contributed by atoms with E-state index in [4.69, 9.17) is 26.8 Å². The Hall–Kier alpha value is -2.73. The molecule has 0 heterocycles. The number of carbonyl (C=O) groups is 2. The van der Waals surface area contributed by atoms with Gasteiger partial charge >= 0.3 is 5.97 Å². The van der Waals surface area contributed by atoms with Crippen LogP contribution in [0.3, 0.4) is 0 Å². The zero-order valence-corrected chi connectivity index (χ0v) is 15.9. The first-order chi connectivity index (χ1) is 12.2. The number of ether oxygens (including phenoxy) is 2. The van der Waals surface area contributed by atoms with Crippen molar-refractivity contribution in [1.82, 2.24) is 0 Å². The van der Waals surface area contributed by atoms with Crippen LogP contribution in [0, 0.1) is 20.8 Å². The monoisotopic (exact) mass is 376 g/mol. The van der Waals surface area contributed by atoms with Gasteiger partial charge in [-0.3, -0.25) is 4.79 Å². The zero-order valence-electron chi connectivity index (χ0n) is 15.1. The Labute approximate surface area is 157 Å². The molecule has 7 heteroatoms. The second kappa shape index (κ2) is 8.10. The molecule has 6 nitrogen and oxygen atoms in total. The number of anilines is 2. The molecule has 2 aromatic carbocycles. The number of nitrogens with two attached hydrogens (primary N) is 1. The molecule has 0 saturated carbocycles. The minimum atomic E-state index is -0.726. The van der Waals surface area contributed by atoms with Crippen molar-refractivity contribution in [1.29, 1.82) is 0 Å². The molecule has 0 aliphatic rings. The van der Waals surface area contributed by atoms with E-state index in [9.17, 15) is 9.59 Å². The number of amides is 1. The molecule has 0 aliphatic heterocycles. The van der Waals surface area contributed by atoms with Crippen molar-refractivity contribution >= 4 is 34.9 Å². The molecule has 0 fully saturated rings. The number of nitrogens with one attached hydrogen (secondary N) is 1. The molecule has 0 saturated heterocycles. The van der Waals surface area contributed by atoms with Crippen LogP contribution in [0.25, 0.3) is 0 Å². The van der Waals surface area contributed by atoms with Crippen LogP contribution in [0.15, 0.2) is 24.3 Å². The van der Waals surface area contributed by atoms with Gasteiger partial charge in [-0.1, -0.05) is 29.3 Å². The molecule has 3 N–H and O–H groups in total. The summed E-state index contributed by atoms with van der Waals surface area (Å²) in [5.74, 6) is -0.937. The van der Waals surface area contributed by atoms with Crippen molar-refractivity contribution in [2.45, 2.75) is 20.8 Å². The number of hydrogen-bond donors (Lipinski definition) is 2. The summed E-state index contributed by atoms with van der Waals surface area (Å²) in [5.41, 5.74) is 9.76. The van der Waals surface area contributed by atoms with Gasteiger partial charge in [-0.2, -0.15) is 0 Å². The van der Waals surface area contributed by atoms with Gasteiger partial charge in [0.25, 0.3) is 5.91 Å². The number of hydrogen-bond acceptors (Lipinski definition) is 5. The van der Waals surface area contributed by atoms with E-state index in [2.05, 4.69) is 5.32 Å². The van der Waals surface area contributed by atoms with E-state index in [1.165, 1.54) is 19.2 Å². The quantitative estimate of drug-likeness (QED) is 0.614. The smallest absolute Gasteiger partial charge is 0.342 e. The largest absolute Gasteiger partial charge is 0.496 e. The molecule has 0 unspecified atom stereocenters.